The van der Waals surface area contributed by atoms with Gasteiger partial charge < -0.3 is 19.7 Å². The zero-order valence-electron chi connectivity index (χ0n) is 11.2. The predicted octanol–water partition coefficient (Wildman–Crippen LogP) is 1.45. The third-order valence-electron chi connectivity index (χ3n) is 3.14. The summed E-state index contributed by atoms with van der Waals surface area (Å²) >= 11 is 0. The van der Waals surface area contributed by atoms with Gasteiger partial charge in [-0.25, -0.2) is 0 Å². The smallest absolute Gasteiger partial charge is 0.305 e. The summed E-state index contributed by atoms with van der Waals surface area (Å²) in [6.45, 7) is 3.65. The van der Waals surface area contributed by atoms with E-state index in [0.717, 1.165) is 0 Å². The molecule has 0 saturated heterocycles. The molecule has 0 aromatic carbocycles. The van der Waals surface area contributed by atoms with Gasteiger partial charge in [0.1, 0.15) is 0 Å². The summed E-state index contributed by atoms with van der Waals surface area (Å²) in [4.78, 5) is 22.9. The Morgan fingerprint density at radius 3 is 2.53 bits per heavy atom. The summed E-state index contributed by atoms with van der Waals surface area (Å²) in [5.41, 5.74) is -0.789. The van der Waals surface area contributed by atoms with Crippen molar-refractivity contribution >= 4 is 11.9 Å². The van der Waals surface area contributed by atoms with Crippen LogP contribution in [0.4, 0.5) is 0 Å². The number of carbonyl (C=O) groups is 2. The van der Waals surface area contributed by atoms with Crippen LogP contribution in [0.2, 0.25) is 0 Å². The predicted molar refractivity (Wildman–Crippen MR) is 66.1 cm³/mol. The van der Waals surface area contributed by atoms with E-state index < -0.39 is 17.4 Å². The zero-order valence-corrected chi connectivity index (χ0v) is 11.2. The van der Waals surface area contributed by atoms with E-state index in [-0.39, 0.29) is 18.1 Å². The lowest BCUT2D eigenvalue weighted by atomic mass is 9.89. The van der Waals surface area contributed by atoms with E-state index in [2.05, 4.69) is 10.5 Å². The number of hydrogen-bond acceptors (Lipinski definition) is 5. The summed E-state index contributed by atoms with van der Waals surface area (Å²) in [6, 6.07) is 1.35. The molecule has 0 spiro atoms. The first-order valence-electron chi connectivity index (χ1n) is 6.01. The first-order chi connectivity index (χ1) is 8.96. The van der Waals surface area contributed by atoms with E-state index in [1.54, 1.807) is 0 Å². The number of ether oxygens (including phenoxy) is 1. The summed E-state index contributed by atoms with van der Waals surface area (Å²) in [7, 11) is 1.41. The van der Waals surface area contributed by atoms with E-state index in [4.69, 9.17) is 14.4 Å². The minimum Gasteiger partial charge on any atom is -0.481 e. The number of hydrogen-bond donors (Lipinski definition) is 2. The zero-order chi connectivity index (χ0) is 14.5. The summed E-state index contributed by atoms with van der Waals surface area (Å²) in [5, 5.41) is 15.2. The molecule has 7 heteroatoms. The Balaban J connectivity index is 2.84. The van der Waals surface area contributed by atoms with Gasteiger partial charge in [-0.2, -0.15) is 0 Å². The lowest BCUT2D eigenvalue weighted by molar-refractivity contribution is -0.138. The Hall–Kier alpha value is -2.05. The molecule has 1 rings (SSSR count). The first kappa shape index (κ1) is 15.0. The topological polar surface area (TPSA) is 102 Å². The monoisotopic (exact) mass is 270 g/mol. The lowest BCUT2D eigenvalue weighted by Crippen LogP contribution is -2.49. The van der Waals surface area contributed by atoms with Crippen LogP contribution in [0.5, 0.6) is 5.88 Å². The fourth-order valence-electron chi connectivity index (χ4n) is 1.78. The highest BCUT2D eigenvalue weighted by Gasteiger charge is 2.32. The molecule has 1 aromatic rings. The van der Waals surface area contributed by atoms with Crippen molar-refractivity contribution in [2.75, 3.05) is 7.11 Å². The SMILES string of the molecule is CCC(CC)(CC(=O)O)NC(=O)c1cc(OC)no1. The molecule has 0 aliphatic heterocycles. The molecule has 0 aliphatic rings. The van der Waals surface area contributed by atoms with Crippen LogP contribution in [0, 0.1) is 0 Å². The van der Waals surface area contributed by atoms with Gasteiger partial charge in [-0.05, 0) is 18.0 Å². The number of nitrogens with one attached hydrogen (secondary N) is 1. The van der Waals surface area contributed by atoms with Gasteiger partial charge in [0.15, 0.2) is 0 Å². The Morgan fingerprint density at radius 1 is 1.47 bits per heavy atom. The minimum atomic E-state index is -0.959. The number of aliphatic carboxylic acids is 1. The maximum atomic E-state index is 12.0. The average Bonchev–Trinajstić information content (AvgIpc) is 2.86. The van der Waals surface area contributed by atoms with Crippen LogP contribution in [0.1, 0.15) is 43.7 Å². The molecular weight excluding hydrogens is 252 g/mol. The van der Waals surface area contributed by atoms with Crippen molar-refractivity contribution in [2.24, 2.45) is 0 Å². The van der Waals surface area contributed by atoms with Crippen LogP contribution in [0.3, 0.4) is 0 Å². The standard InChI is InChI=1S/C12H18N2O5/c1-4-12(5-2,7-10(15)16)13-11(17)8-6-9(18-3)14-19-8/h6H,4-5,7H2,1-3H3,(H,13,17)(H,15,16). The van der Waals surface area contributed by atoms with Crippen LogP contribution in [-0.4, -0.2) is 34.8 Å². The second kappa shape index (κ2) is 6.21. The van der Waals surface area contributed by atoms with Crippen LogP contribution >= 0.6 is 0 Å². The van der Waals surface area contributed by atoms with Crippen molar-refractivity contribution in [1.29, 1.82) is 0 Å². The molecule has 1 amide bonds. The summed E-state index contributed by atoms with van der Waals surface area (Å²) in [5.74, 6) is -1.27. The van der Waals surface area contributed by atoms with Crippen LogP contribution in [0.15, 0.2) is 10.6 Å². The number of methoxy groups -OCH3 is 1. The highest BCUT2D eigenvalue weighted by Crippen LogP contribution is 2.21. The highest BCUT2D eigenvalue weighted by atomic mass is 16.5. The molecule has 19 heavy (non-hydrogen) atoms. The molecule has 1 aromatic heterocycles. The van der Waals surface area contributed by atoms with Crippen LogP contribution in [-0.2, 0) is 4.79 Å². The van der Waals surface area contributed by atoms with Crippen molar-refractivity contribution in [3.05, 3.63) is 11.8 Å². The van der Waals surface area contributed by atoms with Gasteiger partial charge in [-0.3, -0.25) is 9.59 Å². The van der Waals surface area contributed by atoms with E-state index in [1.165, 1.54) is 13.2 Å². The largest absolute Gasteiger partial charge is 0.481 e. The van der Waals surface area contributed by atoms with Crippen molar-refractivity contribution in [3.8, 4) is 5.88 Å². The molecule has 0 bridgehead atoms. The number of nitrogens with zero attached hydrogens (tertiary/aromatic N) is 1. The normalized spacial score (nSPS) is 11.1. The van der Waals surface area contributed by atoms with Crippen LogP contribution < -0.4 is 10.1 Å². The summed E-state index contributed by atoms with van der Waals surface area (Å²) < 4.78 is 9.64. The molecule has 0 radical (unpaired) electrons. The van der Waals surface area contributed by atoms with Crippen molar-refractivity contribution in [1.82, 2.24) is 10.5 Å². The number of rotatable bonds is 7. The molecular formula is C12H18N2O5. The van der Waals surface area contributed by atoms with Gasteiger partial charge in [0, 0.05) is 0 Å². The number of aromatic nitrogens is 1. The van der Waals surface area contributed by atoms with E-state index >= 15 is 0 Å². The molecule has 7 nitrogen and oxygen atoms in total. The van der Waals surface area contributed by atoms with E-state index in [9.17, 15) is 9.59 Å². The Morgan fingerprint density at radius 2 is 2.11 bits per heavy atom. The van der Waals surface area contributed by atoms with Gasteiger partial charge in [0.25, 0.3) is 11.8 Å². The molecule has 2 N–H and O–H groups in total. The maximum Gasteiger partial charge on any atom is 0.305 e. The minimum absolute atomic E-state index is 0.00601. The van der Waals surface area contributed by atoms with Crippen LogP contribution in [0.25, 0.3) is 0 Å². The van der Waals surface area contributed by atoms with Crippen molar-refractivity contribution in [2.45, 2.75) is 38.6 Å². The van der Waals surface area contributed by atoms with Crippen molar-refractivity contribution in [3.63, 3.8) is 0 Å². The van der Waals surface area contributed by atoms with Gasteiger partial charge in [0.05, 0.1) is 25.1 Å². The van der Waals surface area contributed by atoms with Gasteiger partial charge in [-0.15, -0.1) is 0 Å². The van der Waals surface area contributed by atoms with Gasteiger partial charge >= 0.3 is 5.97 Å². The fraction of sp³-hybridized carbons (Fsp3) is 0.583. The maximum absolute atomic E-state index is 12.0. The highest BCUT2D eigenvalue weighted by molar-refractivity contribution is 5.92. The Kier molecular flexibility index (Phi) is 4.91. The molecule has 0 atom stereocenters. The molecule has 1 heterocycles. The number of carbonyl (C=O) groups excluding carboxylic acids is 1. The molecule has 0 aliphatic carbocycles. The van der Waals surface area contributed by atoms with Crippen molar-refractivity contribution < 1.29 is 24.0 Å². The molecule has 0 fully saturated rings. The third kappa shape index (κ3) is 3.70. The van der Waals surface area contributed by atoms with Gasteiger partial charge in [0.2, 0.25) is 5.76 Å². The number of carboxylic acids is 1. The second-order valence-electron chi connectivity index (χ2n) is 4.25. The van der Waals surface area contributed by atoms with Gasteiger partial charge in [-0.1, -0.05) is 13.8 Å². The Labute approximate surface area is 110 Å². The number of carboxylic acid groups (broad SMARTS) is 1. The fourth-order valence-corrected chi connectivity index (χ4v) is 1.78. The Bertz CT molecular complexity index is 451. The average molecular weight is 270 g/mol. The summed E-state index contributed by atoms with van der Waals surface area (Å²) in [6.07, 6.45) is 0.872. The molecule has 0 unspecified atom stereocenters. The third-order valence-corrected chi connectivity index (χ3v) is 3.14. The second-order valence-corrected chi connectivity index (χ2v) is 4.25. The number of amides is 1. The quantitative estimate of drug-likeness (QED) is 0.777. The molecule has 0 saturated carbocycles. The first-order valence-corrected chi connectivity index (χ1v) is 6.01. The van der Waals surface area contributed by atoms with E-state index in [0.29, 0.717) is 12.8 Å². The lowest BCUT2D eigenvalue weighted by Gasteiger charge is -2.30. The molecule has 106 valence electrons. The van der Waals surface area contributed by atoms with E-state index in [1.807, 2.05) is 13.8 Å².